The Morgan fingerprint density at radius 1 is 1.00 bits per heavy atom. The topological polar surface area (TPSA) is 9.23 Å². The van der Waals surface area contributed by atoms with Crippen LogP contribution < -0.4 is 0 Å². The summed E-state index contributed by atoms with van der Waals surface area (Å²) in [5.74, 6) is 0. The van der Waals surface area contributed by atoms with Crippen molar-refractivity contribution in [3.05, 3.63) is 46.5 Å². The number of hydrogen-bond acceptors (Lipinski definition) is 1. The van der Waals surface area contributed by atoms with Crippen molar-refractivity contribution in [3.63, 3.8) is 0 Å². The van der Waals surface area contributed by atoms with E-state index in [0.29, 0.717) is 18.6 Å². The van der Waals surface area contributed by atoms with Gasteiger partial charge in [-0.2, -0.15) is 26.3 Å². The molecule has 0 heterocycles. The minimum Gasteiger partial charge on any atom is -0.367 e. The first kappa shape index (κ1) is 17.8. The number of alkyl halides is 6. The predicted molar refractivity (Wildman–Crippen MR) is 72.7 cm³/mol. The van der Waals surface area contributed by atoms with Crippen LogP contribution in [0.3, 0.4) is 0 Å². The molecule has 1 aliphatic rings. The van der Waals surface area contributed by atoms with E-state index in [-0.39, 0.29) is 17.7 Å². The molecule has 23 heavy (non-hydrogen) atoms. The van der Waals surface area contributed by atoms with Crippen LogP contribution >= 0.6 is 0 Å². The fraction of sp³-hybridized carbons (Fsp3) is 0.500. The number of benzene rings is 1. The molecular weight excluding hydrogens is 322 g/mol. The van der Waals surface area contributed by atoms with E-state index >= 15 is 0 Å². The molecule has 128 valence electrons. The van der Waals surface area contributed by atoms with E-state index in [1.165, 1.54) is 6.92 Å². The zero-order chi connectivity index (χ0) is 17.4. The first-order chi connectivity index (χ1) is 10.5. The van der Waals surface area contributed by atoms with Gasteiger partial charge in [0.05, 0.1) is 23.3 Å². The third kappa shape index (κ3) is 4.50. The smallest absolute Gasteiger partial charge is 0.367 e. The second-order valence-corrected chi connectivity index (χ2v) is 5.71. The fourth-order valence-electron chi connectivity index (χ4n) is 2.52. The molecule has 0 bridgehead atoms. The van der Waals surface area contributed by atoms with Crippen molar-refractivity contribution in [2.24, 2.45) is 0 Å². The summed E-state index contributed by atoms with van der Waals surface area (Å²) in [5.41, 5.74) is -1.68. The standard InChI is InChI=1S/C16H16F6O/c1-9-3-4-14(5-9)23-10(2)11-6-12(15(17,18)19)8-13(7-11)16(20,21)22/h5-8,10,14H,3-4H2,1-2H3/t10-,14+/m1/s1. The van der Waals surface area contributed by atoms with Gasteiger partial charge in [0.2, 0.25) is 0 Å². The molecule has 0 aliphatic heterocycles. The molecule has 2 atom stereocenters. The van der Waals surface area contributed by atoms with Crippen LogP contribution in [0.25, 0.3) is 0 Å². The SMILES string of the molecule is CC1=C[C@@H](O[C@H](C)c2cc(C(F)(F)F)cc(C(F)(F)F)c2)CC1. The molecular formula is C16H16F6O. The van der Waals surface area contributed by atoms with Crippen molar-refractivity contribution in [3.8, 4) is 0 Å². The van der Waals surface area contributed by atoms with Gasteiger partial charge in [-0.1, -0.05) is 11.6 Å². The van der Waals surface area contributed by atoms with Gasteiger partial charge in [0.1, 0.15) is 0 Å². The quantitative estimate of drug-likeness (QED) is 0.492. The third-order valence-corrected chi connectivity index (χ3v) is 3.75. The van der Waals surface area contributed by atoms with Crippen molar-refractivity contribution >= 4 is 0 Å². The Balaban J connectivity index is 2.33. The molecule has 1 nitrogen and oxygen atoms in total. The molecule has 0 radical (unpaired) electrons. The Bertz CT molecular complexity index is 567. The summed E-state index contributed by atoms with van der Waals surface area (Å²) in [6.07, 6.45) is -7.51. The van der Waals surface area contributed by atoms with Gasteiger partial charge in [-0.25, -0.2) is 0 Å². The summed E-state index contributed by atoms with van der Waals surface area (Å²) in [4.78, 5) is 0. The monoisotopic (exact) mass is 338 g/mol. The van der Waals surface area contributed by atoms with Crippen molar-refractivity contribution in [2.75, 3.05) is 0 Å². The lowest BCUT2D eigenvalue weighted by molar-refractivity contribution is -0.143. The largest absolute Gasteiger partial charge is 0.416 e. The molecule has 1 aromatic carbocycles. The second-order valence-electron chi connectivity index (χ2n) is 5.71. The van der Waals surface area contributed by atoms with Crippen molar-refractivity contribution in [1.29, 1.82) is 0 Å². The Kier molecular flexibility index (Phi) is 4.80. The highest BCUT2D eigenvalue weighted by Crippen LogP contribution is 2.38. The van der Waals surface area contributed by atoms with Crippen molar-refractivity contribution in [2.45, 2.75) is 51.2 Å². The van der Waals surface area contributed by atoms with Gasteiger partial charge in [0, 0.05) is 0 Å². The van der Waals surface area contributed by atoms with E-state index in [0.717, 1.165) is 12.0 Å². The maximum absolute atomic E-state index is 12.8. The van der Waals surface area contributed by atoms with Gasteiger partial charge in [-0.15, -0.1) is 0 Å². The molecule has 0 unspecified atom stereocenters. The molecule has 1 aliphatic carbocycles. The highest BCUT2D eigenvalue weighted by Gasteiger charge is 2.37. The van der Waals surface area contributed by atoms with E-state index < -0.39 is 29.6 Å². The molecule has 0 aromatic heterocycles. The lowest BCUT2D eigenvalue weighted by atomic mass is 10.0. The molecule has 0 saturated carbocycles. The Hall–Kier alpha value is -1.50. The number of allylic oxidation sites excluding steroid dienone is 1. The maximum atomic E-state index is 12.8. The number of ether oxygens (including phenoxy) is 1. The number of rotatable bonds is 3. The van der Waals surface area contributed by atoms with Crippen molar-refractivity contribution < 1.29 is 31.1 Å². The van der Waals surface area contributed by atoms with Gasteiger partial charge in [-0.05, 0) is 50.5 Å². The lowest BCUT2D eigenvalue weighted by Crippen LogP contribution is -2.15. The van der Waals surface area contributed by atoms with Gasteiger partial charge in [0.15, 0.2) is 0 Å². The average Bonchev–Trinajstić information content (AvgIpc) is 2.81. The van der Waals surface area contributed by atoms with Gasteiger partial charge in [-0.3, -0.25) is 0 Å². The van der Waals surface area contributed by atoms with E-state index in [1.54, 1.807) is 0 Å². The Morgan fingerprint density at radius 2 is 1.52 bits per heavy atom. The Morgan fingerprint density at radius 3 is 1.91 bits per heavy atom. The number of halogens is 6. The van der Waals surface area contributed by atoms with Crippen LogP contribution in [0, 0.1) is 0 Å². The Labute approximate surface area is 129 Å². The first-order valence-corrected chi connectivity index (χ1v) is 7.09. The van der Waals surface area contributed by atoms with Crippen LogP contribution in [-0.4, -0.2) is 6.10 Å². The number of hydrogen-bond donors (Lipinski definition) is 0. The molecule has 0 spiro atoms. The zero-order valence-corrected chi connectivity index (χ0v) is 12.6. The van der Waals surface area contributed by atoms with E-state index in [2.05, 4.69) is 0 Å². The minimum absolute atomic E-state index is 0.121. The highest BCUT2D eigenvalue weighted by molar-refractivity contribution is 5.34. The second kappa shape index (κ2) is 6.19. The predicted octanol–water partition coefficient (Wildman–Crippen LogP) is 5.91. The summed E-state index contributed by atoms with van der Waals surface area (Å²) >= 11 is 0. The fourth-order valence-corrected chi connectivity index (χ4v) is 2.52. The molecule has 0 amide bonds. The van der Waals surface area contributed by atoms with Gasteiger partial charge < -0.3 is 4.74 Å². The summed E-state index contributed by atoms with van der Waals surface area (Å²) < 4.78 is 82.6. The molecule has 2 rings (SSSR count). The summed E-state index contributed by atoms with van der Waals surface area (Å²) in [7, 11) is 0. The summed E-state index contributed by atoms with van der Waals surface area (Å²) in [5, 5.41) is 0. The molecule has 0 N–H and O–H groups in total. The molecule has 0 saturated heterocycles. The average molecular weight is 338 g/mol. The maximum Gasteiger partial charge on any atom is 0.416 e. The summed E-state index contributed by atoms with van der Waals surface area (Å²) in [6.45, 7) is 3.36. The molecule has 7 heteroatoms. The molecule has 1 aromatic rings. The van der Waals surface area contributed by atoms with Gasteiger partial charge in [0.25, 0.3) is 0 Å². The van der Waals surface area contributed by atoms with Crippen LogP contribution in [-0.2, 0) is 17.1 Å². The minimum atomic E-state index is -4.85. The van der Waals surface area contributed by atoms with E-state index in [1.807, 2.05) is 13.0 Å². The van der Waals surface area contributed by atoms with Crippen LogP contribution in [0.15, 0.2) is 29.8 Å². The highest BCUT2D eigenvalue weighted by atomic mass is 19.4. The van der Waals surface area contributed by atoms with Crippen LogP contribution in [0.4, 0.5) is 26.3 Å². The van der Waals surface area contributed by atoms with E-state index in [4.69, 9.17) is 4.74 Å². The lowest BCUT2D eigenvalue weighted by Gasteiger charge is -2.20. The van der Waals surface area contributed by atoms with Crippen LogP contribution in [0.1, 0.15) is 49.5 Å². The first-order valence-electron chi connectivity index (χ1n) is 7.09. The van der Waals surface area contributed by atoms with Crippen LogP contribution in [0.2, 0.25) is 0 Å². The molecule has 0 fully saturated rings. The summed E-state index contributed by atoms with van der Waals surface area (Å²) in [6, 6.07) is 1.55. The van der Waals surface area contributed by atoms with Gasteiger partial charge >= 0.3 is 12.4 Å². The van der Waals surface area contributed by atoms with Crippen LogP contribution in [0.5, 0.6) is 0 Å². The zero-order valence-electron chi connectivity index (χ0n) is 12.6. The van der Waals surface area contributed by atoms with Crippen molar-refractivity contribution in [1.82, 2.24) is 0 Å². The third-order valence-electron chi connectivity index (χ3n) is 3.75. The normalized spacial score (nSPS) is 20.5. The van der Waals surface area contributed by atoms with E-state index in [9.17, 15) is 26.3 Å².